The molecule has 0 aromatic heterocycles. The average Bonchev–Trinajstić information content (AvgIpc) is 2.26. The molecule has 72 valence electrons. The maximum absolute atomic E-state index is 4.46. The van der Waals surface area contributed by atoms with E-state index in [0.717, 1.165) is 6.42 Å². The highest BCUT2D eigenvalue weighted by atomic mass is 14.7. The van der Waals surface area contributed by atoms with E-state index in [0.29, 0.717) is 11.8 Å². The van der Waals surface area contributed by atoms with Crippen LogP contribution in [0.4, 0.5) is 0 Å². The molecule has 1 nitrogen and oxygen atoms in total. The van der Waals surface area contributed by atoms with Gasteiger partial charge in [-0.1, -0.05) is 39.8 Å². The summed E-state index contributed by atoms with van der Waals surface area (Å²) in [6.45, 7) is 8.78. The maximum atomic E-state index is 4.46. The molecule has 0 N–H and O–H groups in total. The van der Waals surface area contributed by atoms with Crippen LogP contribution in [0.5, 0.6) is 0 Å². The molecule has 0 bridgehead atoms. The summed E-state index contributed by atoms with van der Waals surface area (Å²) in [5.41, 5.74) is 2.56. The van der Waals surface area contributed by atoms with Gasteiger partial charge in [0.1, 0.15) is 0 Å². The van der Waals surface area contributed by atoms with Gasteiger partial charge in [-0.3, -0.25) is 4.99 Å². The number of allylic oxidation sites excluding steroid dienone is 4. The summed E-state index contributed by atoms with van der Waals surface area (Å²) in [4.78, 5) is 4.46. The van der Waals surface area contributed by atoms with Crippen molar-refractivity contribution in [3.05, 3.63) is 23.4 Å². The molecule has 1 heteroatoms. The Labute approximate surface area is 81.3 Å². The quantitative estimate of drug-likeness (QED) is 0.611. The second kappa shape index (κ2) is 4.40. The number of nitrogens with zero attached hydrogens (tertiary/aromatic N) is 1. The van der Waals surface area contributed by atoms with Crippen LogP contribution in [-0.2, 0) is 0 Å². The second-order valence-corrected chi connectivity index (χ2v) is 3.95. The molecule has 1 atom stereocenters. The fourth-order valence-electron chi connectivity index (χ4n) is 1.45. The lowest BCUT2D eigenvalue weighted by atomic mass is 10.00. The largest absolute Gasteiger partial charge is 0.261 e. The first-order chi connectivity index (χ1) is 6.13. The van der Waals surface area contributed by atoms with E-state index in [-0.39, 0.29) is 0 Å². The highest BCUT2D eigenvalue weighted by Gasteiger charge is 2.06. The maximum Gasteiger partial charge on any atom is 0.0367 e. The number of aliphatic imine (C=N–C) groups is 1. The topological polar surface area (TPSA) is 12.4 Å². The molecular formula is C12H19N. The van der Waals surface area contributed by atoms with Gasteiger partial charge in [0, 0.05) is 11.9 Å². The van der Waals surface area contributed by atoms with Crippen molar-refractivity contribution in [3.63, 3.8) is 0 Å². The smallest absolute Gasteiger partial charge is 0.0367 e. The molecule has 0 fully saturated rings. The van der Waals surface area contributed by atoms with Gasteiger partial charge in [-0.05, 0) is 23.8 Å². The molecule has 1 heterocycles. The molecule has 1 aliphatic heterocycles. The standard InChI is InChI=1S/C12H19N/c1-5-12-7-10(4)6-11(8-13-12)9(2)3/h6-10H,5H2,1-4H3. The molecule has 0 radical (unpaired) electrons. The van der Waals surface area contributed by atoms with Gasteiger partial charge >= 0.3 is 0 Å². The van der Waals surface area contributed by atoms with Gasteiger partial charge in [0.2, 0.25) is 0 Å². The van der Waals surface area contributed by atoms with Crippen LogP contribution < -0.4 is 0 Å². The highest BCUT2D eigenvalue weighted by molar-refractivity contribution is 5.80. The van der Waals surface area contributed by atoms with E-state index in [4.69, 9.17) is 0 Å². The normalized spacial score (nSPS) is 22.7. The third-order valence-electron chi connectivity index (χ3n) is 2.32. The zero-order valence-corrected chi connectivity index (χ0v) is 9.04. The Kier molecular flexibility index (Phi) is 3.47. The Bertz CT molecular complexity index is 256. The first-order valence-electron chi connectivity index (χ1n) is 5.10. The first-order valence-corrected chi connectivity index (χ1v) is 5.10. The lowest BCUT2D eigenvalue weighted by molar-refractivity contribution is 0.787. The van der Waals surface area contributed by atoms with Gasteiger partial charge in [0.05, 0.1) is 0 Å². The molecule has 0 aromatic rings. The van der Waals surface area contributed by atoms with Crippen LogP contribution in [0.2, 0.25) is 0 Å². The lowest BCUT2D eigenvalue weighted by Crippen LogP contribution is -1.96. The third kappa shape index (κ3) is 2.83. The van der Waals surface area contributed by atoms with Crippen LogP contribution in [-0.4, -0.2) is 6.21 Å². The molecular weight excluding hydrogens is 158 g/mol. The SMILES string of the molecule is CCC1=CC(C)C=C(C(C)C)C=N1. The minimum atomic E-state index is 0.523. The number of rotatable bonds is 2. The fraction of sp³-hybridized carbons (Fsp3) is 0.583. The van der Waals surface area contributed by atoms with Crippen LogP contribution in [0.1, 0.15) is 34.1 Å². The van der Waals surface area contributed by atoms with E-state index >= 15 is 0 Å². The van der Waals surface area contributed by atoms with Gasteiger partial charge in [-0.2, -0.15) is 0 Å². The Balaban J connectivity index is 2.86. The van der Waals surface area contributed by atoms with E-state index < -0.39 is 0 Å². The van der Waals surface area contributed by atoms with Crippen molar-refractivity contribution in [2.45, 2.75) is 34.1 Å². The molecule has 1 rings (SSSR count). The average molecular weight is 177 g/mol. The molecule has 0 aliphatic carbocycles. The predicted octanol–water partition coefficient (Wildman–Crippen LogP) is 3.58. The van der Waals surface area contributed by atoms with Crippen LogP contribution in [0.15, 0.2) is 28.4 Å². The number of hydrogen-bond donors (Lipinski definition) is 0. The van der Waals surface area contributed by atoms with Crippen molar-refractivity contribution < 1.29 is 0 Å². The van der Waals surface area contributed by atoms with E-state index in [1.165, 1.54) is 11.3 Å². The van der Waals surface area contributed by atoms with Crippen molar-refractivity contribution in [1.29, 1.82) is 0 Å². The van der Waals surface area contributed by atoms with Gasteiger partial charge < -0.3 is 0 Å². The summed E-state index contributed by atoms with van der Waals surface area (Å²) < 4.78 is 0. The Morgan fingerprint density at radius 3 is 2.62 bits per heavy atom. The third-order valence-corrected chi connectivity index (χ3v) is 2.32. The zero-order valence-electron chi connectivity index (χ0n) is 9.04. The first kappa shape index (κ1) is 10.2. The molecule has 13 heavy (non-hydrogen) atoms. The second-order valence-electron chi connectivity index (χ2n) is 3.95. The van der Waals surface area contributed by atoms with E-state index in [9.17, 15) is 0 Å². The summed E-state index contributed by atoms with van der Waals surface area (Å²) in [5.74, 6) is 1.10. The van der Waals surface area contributed by atoms with Crippen molar-refractivity contribution >= 4 is 6.21 Å². The molecule has 0 saturated carbocycles. The van der Waals surface area contributed by atoms with Crippen LogP contribution in [0.3, 0.4) is 0 Å². The Morgan fingerprint density at radius 1 is 1.38 bits per heavy atom. The molecule has 0 amide bonds. The number of hydrogen-bond acceptors (Lipinski definition) is 1. The van der Waals surface area contributed by atoms with Crippen molar-refractivity contribution in [2.24, 2.45) is 16.8 Å². The lowest BCUT2D eigenvalue weighted by Gasteiger charge is -2.05. The Morgan fingerprint density at radius 2 is 2.08 bits per heavy atom. The summed E-state index contributed by atoms with van der Waals surface area (Å²) in [6.07, 6.45) is 7.59. The van der Waals surface area contributed by atoms with Crippen molar-refractivity contribution in [1.82, 2.24) is 0 Å². The van der Waals surface area contributed by atoms with Crippen LogP contribution in [0.25, 0.3) is 0 Å². The van der Waals surface area contributed by atoms with Crippen LogP contribution >= 0.6 is 0 Å². The van der Waals surface area contributed by atoms with E-state index in [1.807, 2.05) is 6.21 Å². The van der Waals surface area contributed by atoms with Crippen molar-refractivity contribution in [3.8, 4) is 0 Å². The van der Waals surface area contributed by atoms with Crippen molar-refractivity contribution in [2.75, 3.05) is 0 Å². The van der Waals surface area contributed by atoms with E-state index in [1.54, 1.807) is 0 Å². The Hall–Kier alpha value is -0.850. The minimum Gasteiger partial charge on any atom is -0.261 e. The van der Waals surface area contributed by atoms with Gasteiger partial charge in [-0.25, -0.2) is 0 Å². The van der Waals surface area contributed by atoms with Gasteiger partial charge in [-0.15, -0.1) is 0 Å². The summed E-state index contributed by atoms with van der Waals surface area (Å²) in [7, 11) is 0. The summed E-state index contributed by atoms with van der Waals surface area (Å²) in [6, 6.07) is 0. The summed E-state index contributed by atoms with van der Waals surface area (Å²) in [5, 5.41) is 0. The van der Waals surface area contributed by atoms with Crippen LogP contribution in [0, 0.1) is 11.8 Å². The van der Waals surface area contributed by atoms with E-state index in [2.05, 4.69) is 44.8 Å². The zero-order chi connectivity index (χ0) is 9.84. The molecule has 0 aromatic carbocycles. The molecule has 0 spiro atoms. The van der Waals surface area contributed by atoms with Gasteiger partial charge in [0.15, 0.2) is 0 Å². The minimum absolute atomic E-state index is 0.523. The molecule has 1 aliphatic rings. The van der Waals surface area contributed by atoms with Gasteiger partial charge in [0.25, 0.3) is 0 Å². The fourth-order valence-corrected chi connectivity index (χ4v) is 1.45. The highest BCUT2D eigenvalue weighted by Crippen LogP contribution is 2.18. The molecule has 1 unspecified atom stereocenters. The monoisotopic (exact) mass is 177 g/mol. The molecule has 0 saturated heterocycles. The summed E-state index contributed by atoms with van der Waals surface area (Å²) >= 11 is 0. The predicted molar refractivity (Wildman–Crippen MR) is 59.0 cm³/mol.